The molecule has 33 heavy (non-hydrogen) atoms. The van der Waals surface area contributed by atoms with Gasteiger partial charge in [-0.3, -0.25) is 4.79 Å². The van der Waals surface area contributed by atoms with Gasteiger partial charge in [-0.15, -0.1) is 0 Å². The second kappa shape index (κ2) is 26.9. The molecule has 1 N–H and O–H groups in total. The van der Waals surface area contributed by atoms with Gasteiger partial charge in [0.05, 0.1) is 13.2 Å². The van der Waals surface area contributed by atoms with Crippen molar-refractivity contribution >= 4 is 5.97 Å². The molecule has 0 amide bonds. The van der Waals surface area contributed by atoms with E-state index in [4.69, 9.17) is 9.47 Å². The molecule has 0 bridgehead atoms. The standard InChI is InChI=1S/C29H52O4/c1-3-5-7-8-9-10-11-12-13-14-15-16-17-18-19-20-21-23-25-32-27-28(26-30)33-29(31)24-22-6-4-2/h5,7,9-10,12-13,28,30H,3-4,6,8,11,14-27H2,1-2H3/b7-5-,10-9-,13-12-. The highest BCUT2D eigenvalue weighted by Gasteiger charge is 2.13. The normalized spacial score (nSPS) is 12.9. The topological polar surface area (TPSA) is 55.8 Å². The van der Waals surface area contributed by atoms with Gasteiger partial charge in [0.25, 0.3) is 0 Å². The smallest absolute Gasteiger partial charge is 0.306 e. The summed E-state index contributed by atoms with van der Waals surface area (Å²) in [6, 6.07) is 0. The van der Waals surface area contributed by atoms with Crippen molar-refractivity contribution < 1.29 is 19.4 Å². The summed E-state index contributed by atoms with van der Waals surface area (Å²) in [5.74, 6) is -0.231. The van der Waals surface area contributed by atoms with Crippen LogP contribution in [0.25, 0.3) is 0 Å². The Bertz CT molecular complexity index is 496. The van der Waals surface area contributed by atoms with Crippen molar-refractivity contribution in [3.05, 3.63) is 36.5 Å². The molecule has 4 nitrogen and oxygen atoms in total. The second-order valence-corrected chi connectivity index (χ2v) is 8.74. The maximum absolute atomic E-state index is 11.7. The van der Waals surface area contributed by atoms with E-state index in [9.17, 15) is 9.90 Å². The molecule has 0 aliphatic rings. The number of carbonyl (C=O) groups excluding carboxylic acids is 1. The molecule has 0 heterocycles. The van der Waals surface area contributed by atoms with Gasteiger partial charge in [0.2, 0.25) is 0 Å². The van der Waals surface area contributed by atoms with Crippen LogP contribution >= 0.6 is 0 Å². The zero-order valence-corrected chi connectivity index (χ0v) is 21.6. The molecule has 0 fully saturated rings. The molecule has 4 heteroatoms. The number of esters is 1. The zero-order valence-electron chi connectivity index (χ0n) is 21.6. The Kier molecular flexibility index (Phi) is 25.7. The fraction of sp³-hybridized carbons (Fsp3) is 0.759. The van der Waals surface area contributed by atoms with Gasteiger partial charge in [-0.05, 0) is 44.9 Å². The summed E-state index contributed by atoms with van der Waals surface area (Å²) in [4.78, 5) is 11.7. The van der Waals surface area contributed by atoms with E-state index < -0.39 is 6.10 Å². The van der Waals surface area contributed by atoms with Crippen LogP contribution < -0.4 is 0 Å². The Hall–Kier alpha value is -1.39. The summed E-state index contributed by atoms with van der Waals surface area (Å²) in [7, 11) is 0. The second-order valence-electron chi connectivity index (χ2n) is 8.74. The number of hydrogen-bond acceptors (Lipinski definition) is 4. The first-order valence-electron chi connectivity index (χ1n) is 13.6. The number of allylic oxidation sites excluding steroid dienone is 6. The molecule has 0 aromatic carbocycles. The third-order valence-electron chi connectivity index (χ3n) is 5.48. The van der Waals surface area contributed by atoms with Crippen molar-refractivity contribution in [3.8, 4) is 0 Å². The molecule has 0 aromatic rings. The Balaban J connectivity index is 3.39. The van der Waals surface area contributed by atoms with Gasteiger partial charge >= 0.3 is 5.97 Å². The fourth-order valence-electron chi connectivity index (χ4n) is 3.46. The first-order chi connectivity index (χ1) is 16.2. The van der Waals surface area contributed by atoms with E-state index in [1.807, 2.05) is 0 Å². The summed E-state index contributed by atoms with van der Waals surface area (Å²) in [5.41, 5.74) is 0. The van der Waals surface area contributed by atoms with Crippen LogP contribution in [0.2, 0.25) is 0 Å². The van der Waals surface area contributed by atoms with E-state index in [0.29, 0.717) is 13.0 Å². The van der Waals surface area contributed by atoms with Gasteiger partial charge in [0, 0.05) is 13.0 Å². The molecule has 0 saturated heterocycles. The summed E-state index contributed by atoms with van der Waals surface area (Å²) in [6.07, 6.45) is 30.8. The number of carbonyl (C=O) groups is 1. The van der Waals surface area contributed by atoms with E-state index >= 15 is 0 Å². The number of ether oxygens (including phenoxy) is 2. The summed E-state index contributed by atoms with van der Waals surface area (Å²) < 4.78 is 10.9. The van der Waals surface area contributed by atoms with Gasteiger partial charge in [-0.2, -0.15) is 0 Å². The lowest BCUT2D eigenvalue weighted by Crippen LogP contribution is -2.27. The van der Waals surface area contributed by atoms with Crippen LogP contribution in [0.15, 0.2) is 36.5 Å². The summed E-state index contributed by atoms with van der Waals surface area (Å²) in [5, 5.41) is 9.34. The molecule has 0 aliphatic carbocycles. The molecule has 0 aliphatic heterocycles. The quantitative estimate of drug-likeness (QED) is 0.0897. The van der Waals surface area contributed by atoms with E-state index in [-0.39, 0.29) is 19.2 Å². The third kappa shape index (κ3) is 25.1. The van der Waals surface area contributed by atoms with Gasteiger partial charge < -0.3 is 14.6 Å². The fourth-order valence-corrected chi connectivity index (χ4v) is 3.46. The Morgan fingerprint density at radius 3 is 2.00 bits per heavy atom. The molecule has 0 aromatic heterocycles. The van der Waals surface area contributed by atoms with Crippen LogP contribution in [-0.4, -0.2) is 37.0 Å². The van der Waals surface area contributed by atoms with Gasteiger partial charge in [0.15, 0.2) is 0 Å². The number of aliphatic hydroxyl groups excluding tert-OH is 1. The number of rotatable bonds is 24. The van der Waals surface area contributed by atoms with Crippen molar-refractivity contribution in [3.63, 3.8) is 0 Å². The summed E-state index contributed by atoms with van der Waals surface area (Å²) in [6.45, 7) is 5.04. The number of unbranched alkanes of at least 4 members (excludes halogenated alkanes) is 10. The monoisotopic (exact) mass is 464 g/mol. The molecule has 1 atom stereocenters. The lowest BCUT2D eigenvalue weighted by Gasteiger charge is -2.15. The molecule has 0 spiro atoms. The molecule has 0 radical (unpaired) electrons. The van der Waals surface area contributed by atoms with E-state index in [1.54, 1.807) is 0 Å². The predicted molar refractivity (Wildman–Crippen MR) is 140 cm³/mol. The van der Waals surface area contributed by atoms with Crippen LogP contribution in [0, 0.1) is 0 Å². The third-order valence-corrected chi connectivity index (χ3v) is 5.48. The maximum Gasteiger partial charge on any atom is 0.306 e. The van der Waals surface area contributed by atoms with E-state index in [2.05, 4.69) is 50.3 Å². The molecule has 0 saturated carbocycles. The largest absolute Gasteiger partial charge is 0.457 e. The average molecular weight is 465 g/mol. The van der Waals surface area contributed by atoms with Crippen molar-refractivity contribution in [1.82, 2.24) is 0 Å². The first kappa shape index (κ1) is 31.6. The minimum absolute atomic E-state index is 0.177. The molecule has 192 valence electrons. The first-order valence-corrected chi connectivity index (χ1v) is 13.6. The minimum atomic E-state index is -0.529. The highest BCUT2D eigenvalue weighted by Crippen LogP contribution is 2.10. The van der Waals surface area contributed by atoms with Gasteiger partial charge in [-0.25, -0.2) is 0 Å². The Morgan fingerprint density at radius 2 is 1.36 bits per heavy atom. The van der Waals surface area contributed by atoms with Crippen molar-refractivity contribution in [1.29, 1.82) is 0 Å². The van der Waals surface area contributed by atoms with Crippen molar-refractivity contribution in [2.24, 2.45) is 0 Å². The van der Waals surface area contributed by atoms with Crippen LogP contribution in [0.5, 0.6) is 0 Å². The highest BCUT2D eigenvalue weighted by atomic mass is 16.6. The van der Waals surface area contributed by atoms with Crippen LogP contribution in [0.4, 0.5) is 0 Å². The lowest BCUT2D eigenvalue weighted by molar-refractivity contribution is -0.154. The average Bonchev–Trinajstić information content (AvgIpc) is 2.82. The van der Waals surface area contributed by atoms with Gasteiger partial charge in [0.1, 0.15) is 6.10 Å². The SMILES string of the molecule is CC/C=C\C/C=C\C/C=C\CCCCCCCCCCOCC(CO)OC(=O)CCCCC. The lowest BCUT2D eigenvalue weighted by atomic mass is 10.1. The molecular formula is C29H52O4. The van der Waals surface area contributed by atoms with Gasteiger partial charge in [-0.1, -0.05) is 102 Å². The minimum Gasteiger partial charge on any atom is -0.457 e. The summed E-state index contributed by atoms with van der Waals surface area (Å²) >= 11 is 0. The van der Waals surface area contributed by atoms with Crippen LogP contribution in [-0.2, 0) is 14.3 Å². The Morgan fingerprint density at radius 1 is 0.758 bits per heavy atom. The van der Waals surface area contributed by atoms with Crippen molar-refractivity contribution in [2.75, 3.05) is 19.8 Å². The Labute approximate surface area is 204 Å². The molecule has 1 unspecified atom stereocenters. The predicted octanol–water partition coefficient (Wildman–Crippen LogP) is 7.86. The van der Waals surface area contributed by atoms with Crippen LogP contribution in [0.1, 0.15) is 117 Å². The molecule has 0 rings (SSSR count). The number of hydrogen-bond donors (Lipinski definition) is 1. The van der Waals surface area contributed by atoms with Crippen LogP contribution in [0.3, 0.4) is 0 Å². The van der Waals surface area contributed by atoms with E-state index in [1.165, 1.54) is 51.4 Å². The highest BCUT2D eigenvalue weighted by molar-refractivity contribution is 5.69. The van der Waals surface area contributed by atoms with E-state index in [0.717, 1.165) is 44.9 Å². The zero-order chi connectivity index (χ0) is 24.2. The molecular weight excluding hydrogens is 412 g/mol. The van der Waals surface area contributed by atoms with Crippen molar-refractivity contribution in [2.45, 2.75) is 123 Å². The number of aliphatic hydroxyl groups is 1. The maximum atomic E-state index is 11.7.